The minimum Gasteiger partial charge on any atom is -0.463 e. The third-order valence-electron chi connectivity index (χ3n) is 6.37. The second kappa shape index (κ2) is 12.0. The van der Waals surface area contributed by atoms with Crippen molar-refractivity contribution in [2.24, 2.45) is 5.92 Å². The van der Waals surface area contributed by atoms with Gasteiger partial charge < -0.3 is 9.47 Å². The maximum atomic E-state index is 13.2. The molecule has 2 aromatic rings. The van der Waals surface area contributed by atoms with E-state index in [9.17, 15) is 15.3 Å². The molecule has 1 aliphatic heterocycles. The standard InChI is InChI=1S/C27H24Cl2N4O3S/c1-2-35-27(34)24-22(14-37-26-17(12-30)10-15-6-4-3-5-7-21(15)33-26)36-25(32)18(13-31)23(24)16-8-9-19(28)20(29)11-16/h8-11,18,23,32H,2-7,14H2,1H3. The van der Waals surface area contributed by atoms with E-state index in [2.05, 4.69) is 12.1 Å². The van der Waals surface area contributed by atoms with Crippen LogP contribution in [-0.2, 0) is 27.1 Å². The Hall–Kier alpha value is -3.04. The first-order valence-corrected chi connectivity index (χ1v) is 13.7. The zero-order chi connectivity index (χ0) is 26.5. The van der Waals surface area contributed by atoms with Gasteiger partial charge in [0, 0.05) is 11.6 Å². The molecule has 10 heteroatoms. The van der Waals surface area contributed by atoms with Gasteiger partial charge in [0.2, 0.25) is 5.90 Å². The number of aromatic nitrogens is 1. The number of hydrogen-bond donors (Lipinski definition) is 1. The molecule has 37 heavy (non-hydrogen) atoms. The molecular formula is C27H24Cl2N4O3S. The molecule has 0 bridgehead atoms. The largest absolute Gasteiger partial charge is 0.463 e. The van der Waals surface area contributed by atoms with Crippen LogP contribution in [0.4, 0.5) is 0 Å². The number of rotatable bonds is 6. The Balaban J connectivity index is 1.77. The molecule has 0 fully saturated rings. The van der Waals surface area contributed by atoms with Crippen molar-refractivity contribution < 1.29 is 14.3 Å². The number of carbonyl (C=O) groups excluding carboxylic acids is 1. The highest BCUT2D eigenvalue weighted by Crippen LogP contribution is 2.42. The summed E-state index contributed by atoms with van der Waals surface area (Å²) in [6, 6.07) is 11.1. The quantitative estimate of drug-likeness (QED) is 0.250. The van der Waals surface area contributed by atoms with Gasteiger partial charge in [-0.1, -0.05) is 47.5 Å². The van der Waals surface area contributed by atoms with Crippen molar-refractivity contribution in [2.75, 3.05) is 12.4 Å². The van der Waals surface area contributed by atoms with Crippen LogP contribution in [-0.4, -0.2) is 29.2 Å². The number of nitriles is 2. The average molecular weight is 555 g/mol. The van der Waals surface area contributed by atoms with Crippen molar-refractivity contribution >= 4 is 46.8 Å². The van der Waals surface area contributed by atoms with E-state index in [1.165, 1.54) is 11.8 Å². The Morgan fingerprint density at radius 1 is 1.22 bits per heavy atom. The van der Waals surface area contributed by atoms with Gasteiger partial charge in [-0.25, -0.2) is 9.78 Å². The molecule has 0 amide bonds. The molecule has 4 rings (SSSR count). The Morgan fingerprint density at radius 3 is 2.70 bits per heavy atom. The number of carbonyl (C=O) groups is 1. The molecule has 7 nitrogen and oxygen atoms in total. The maximum absolute atomic E-state index is 13.2. The minimum absolute atomic E-state index is 0.118. The van der Waals surface area contributed by atoms with Gasteiger partial charge >= 0.3 is 5.97 Å². The highest BCUT2D eigenvalue weighted by Gasteiger charge is 2.42. The van der Waals surface area contributed by atoms with E-state index in [1.807, 2.05) is 6.07 Å². The molecule has 0 spiro atoms. The summed E-state index contributed by atoms with van der Waals surface area (Å²) in [4.78, 5) is 18.0. The molecule has 2 atom stereocenters. The first-order chi connectivity index (χ1) is 17.9. The van der Waals surface area contributed by atoms with Gasteiger partial charge in [-0.05, 0) is 61.9 Å². The minimum atomic E-state index is -1.06. The van der Waals surface area contributed by atoms with Crippen molar-refractivity contribution in [3.8, 4) is 12.1 Å². The first-order valence-electron chi connectivity index (χ1n) is 11.9. The van der Waals surface area contributed by atoms with Gasteiger partial charge in [0.1, 0.15) is 22.8 Å². The molecule has 2 heterocycles. The van der Waals surface area contributed by atoms with Crippen LogP contribution in [0, 0.1) is 34.0 Å². The molecule has 2 aliphatic rings. The number of hydrogen-bond acceptors (Lipinski definition) is 8. The zero-order valence-corrected chi connectivity index (χ0v) is 22.5. The van der Waals surface area contributed by atoms with Gasteiger partial charge in [-0.2, -0.15) is 10.5 Å². The maximum Gasteiger partial charge on any atom is 0.338 e. The first kappa shape index (κ1) is 27.0. The number of nitrogens with zero attached hydrogens (tertiary/aromatic N) is 3. The predicted octanol–water partition coefficient (Wildman–Crippen LogP) is 6.37. The number of aryl methyl sites for hydroxylation is 2. The number of esters is 1. The topological polar surface area (TPSA) is 120 Å². The molecule has 1 aromatic carbocycles. The van der Waals surface area contributed by atoms with E-state index in [0.29, 0.717) is 21.2 Å². The highest BCUT2D eigenvalue weighted by molar-refractivity contribution is 7.99. The van der Waals surface area contributed by atoms with Crippen LogP contribution in [0.5, 0.6) is 0 Å². The highest BCUT2D eigenvalue weighted by atomic mass is 35.5. The lowest BCUT2D eigenvalue weighted by Gasteiger charge is -2.31. The molecule has 0 saturated carbocycles. The van der Waals surface area contributed by atoms with Crippen molar-refractivity contribution in [3.63, 3.8) is 0 Å². The number of halogens is 2. The average Bonchev–Trinajstić information content (AvgIpc) is 3.12. The molecule has 1 aromatic heterocycles. The number of nitrogens with one attached hydrogen (secondary N) is 1. The Morgan fingerprint density at radius 2 is 2.00 bits per heavy atom. The number of ether oxygens (including phenoxy) is 2. The molecule has 0 saturated heterocycles. The summed E-state index contributed by atoms with van der Waals surface area (Å²) in [5, 5.41) is 29.2. The molecule has 1 N–H and O–H groups in total. The number of pyridine rings is 1. The summed E-state index contributed by atoms with van der Waals surface area (Å²) in [5.41, 5.74) is 3.25. The number of thioether (sulfide) groups is 1. The van der Waals surface area contributed by atoms with Crippen LogP contribution < -0.4 is 0 Å². The van der Waals surface area contributed by atoms with Gasteiger partial charge in [-0.3, -0.25) is 5.41 Å². The van der Waals surface area contributed by atoms with Gasteiger partial charge in [0.15, 0.2) is 0 Å². The third kappa shape index (κ3) is 5.78. The van der Waals surface area contributed by atoms with E-state index >= 15 is 0 Å². The molecule has 0 radical (unpaired) electrons. The molecule has 1 aliphatic carbocycles. The molecule has 190 valence electrons. The van der Waals surface area contributed by atoms with Crippen molar-refractivity contribution in [2.45, 2.75) is 50.0 Å². The second-order valence-corrected chi connectivity index (χ2v) is 10.5. The van der Waals surface area contributed by atoms with Gasteiger partial charge in [0.25, 0.3) is 0 Å². The van der Waals surface area contributed by atoms with Crippen LogP contribution in [0.1, 0.15) is 54.5 Å². The van der Waals surface area contributed by atoms with E-state index in [1.54, 1.807) is 25.1 Å². The summed E-state index contributed by atoms with van der Waals surface area (Å²) in [7, 11) is 0. The predicted molar refractivity (Wildman–Crippen MR) is 142 cm³/mol. The lowest BCUT2D eigenvalue weighted by molar-refractivity contribution is -0.139. The SMILES string of the molecule is CCOC(=O)C1=C(CSc2nc3c(cc2C#N)CCCCC3)OC(=N)C(C#N)C1c1ccc(Cl)c(Cl)c1. The van der Waals surface area contributed by atoms with Crippen LogP contribution in [0.3, 0.4) is 0 Å². The van der Waals surface area contributed by atoms with E-state index in [-0.39, 0.29) is 34.6 Å². The Bertz CT molecular complexity index is 1360. The van der Waals surface area contributed by atoms with Crippen molar-refractivity contribution in [1.29, 1.82) is 15.9 Å². The van der Waals surface area contributed by atoms with Crippen molar-refractivity contribution in [3.05, 3.63) is 68.0 Å². The van der Waals surface area contributed by atoms with E-state index < -0.39 is 17.8 Å². The second-order valence-electron chi connectivity index (χ2n) is 8.69. The fraction of sp³-hybridized carbons (Fsp3) is 0.370. The summed E-state index contributed by atoms with van der Waals surface area (Å²) < 4.78 is 11.1. The van der Waals surface area contributed by atoms with Crippen LogP contribution in [0.15, 0.2) is 40.6 Å². The van der Waals surface area contributed by atoms with Crippen LogP contribution in [0.25, 0.3) is 0 Å². The summed E-state index contributed by atoms with van der Waals surface area (Å²) >= 11 is 13.6. The summed E-state index contributed by atoms with van der Waals surface area (Å²) in [6.07, 6.45) is 5.02. The van der Waals surface area contributed by atoms with E-state index in [0.717, 1.165) is 43.4 Å². The molecular weight excluding hydrogens is 531 g/mol. The fourth-order valence-electron chi connectivity index (χ4n) is 4.61. The third-order valence-corrected chi connectivity index (χ3v) is 8.10. The lowest BCUT2D eigenvalue weighted by atomic mass is 9.78. The molecule has 2 unspecified atom stereocenters. The van der Waals surface area contributed by atoms with Gasteiger partial charge in [0.05, 0.1) is 39.6 Å². The number of benzene rings is 1. The van der Waals surface area contributed by atoms with Crippen LogP contribution in [0.2, 0.25) is 10.0 Å². The Labute approximate surface area is 229 Å². The monoisotopic (exact) mass is 554 g/mol. The van der Waals surface area contributed by atoms with Gasteiger partial charge in [-0.15, -0.1) is 0 Å². The normalized spacial score (nSPS) is 19.2. The van der Waals surface area contributed by atoms with E-state index in [4.69, 9.17) is 43.1 Å². The fourth-order valence-corrected chi connectivity index (χ4v) is 5.84. The van der Waals surface area contributed by atoms with Crippen molar-refractivity contribution in [1.82, 2.24) is 4.98 Å². The summed E-state index contributed by atoms with van der Waals surface area (Å²) in [6.45, 7) is 1.81. The smallest absolute Gasteiger partial charge is 0.338 e. The zero-order valence-electron chi connectivity index (χ0n) is 20.1. The number of fused-ring (bicyclic) bond motifs is 1. The lowest BCUT2D eigenvalue weighted by Crippen LogP contribution is -2.34. The summed E-state index contributed by atoms with van der Waals surface area (Å²) in [5.74, 6) is -2.52. The van der Waals surface area contributed by atoms with Crippen LogP contribution >= 0.6 is 35.0 Å². The Kier molecular flexibility index (Phi) is 8.76.